The molecule has 0 saturated carbocycles. The van der Waals surface area contributed by atoms with Gasteiger partial charge in [0.1, 0.15) is 11.6 Å². The number of nitrogens with two attached hydrogens (primary N) is 1. The van der Waals surface area contributed by atoms with Crippen LogP contribution in [0.3, 0.4) is 0 Å². The van der Waals surface area contributed by atoms with Crippen LogP contribution in [0.5, 0.6) is 5.75 Å². The van der Waals surface area contributed by atoms with E-state index < -0.39 is 0 Å². The molecule has 2 aromatic rings. The Morgan fingerprint density at radius 3 is 2.89 bits per heavy atom. The van der Waals surface area contributed by atoms with Gasteiger partial charge in [0.05, 0.1) is 22.3 Å². The number of aromatic nitrogens is 2. The predicted octanol–water partition coefficient (Wildman–Crippen LogP) is 2.93. The van der Waals surface area contributed by atoms with E-state index in [1.165, 1.54) is 0 Å². The fourth-order valence-electron chi connectivity index (χ4n) is 1.38. The maximum atomic E-state index is 6.11. The quantitative estimate of drug-likeness (QED) is 0.584. The third-order valence-corrected chi connectivity index (χ3v) is 3.21. The molecule has 0 spiro atoms. The van der Waals surface area contributed by atoms with E-state index in [-0.39, 0.29) is 0 Å². The van der Waals surface area contributed by atoms with Crippen LogP contribution in [0.25, 0.3) is 0 Å². The Bertz CT molecular complexity index is 544. The summed E-state index contributed by atoms with van der Waals surface area (Å²) in [6, 6.07) is 5.28. The van der Waals surface area contributed by atoms with E-state index in [4.69, 9.17) is 22.2 Å². The summed E-state index contributed by atoms with van der Waals surface area (Å²) in [4.78, 5) is 8.14. The first-order valence-electron chi connectivity index (χ1n) is 5.23. The molecule has 0 aliphatic carbocycles. The molecule has 1 heterocycles. The molecule has 0 atom stereocenters. The maximum absolute atomic E-state index is 6.11. The highest BCUT2D eigenvalue weighted by Gasteiger charge is 2.08. The van der Waals surface area contributed by atoms with Crippen molar-refractivity contribution in [2.45, 2.75) is 0 Å². The zero-order valence-corrected chi connectivity index (χ0v) is 12.3. The van der Waals surface area contributed by atoms with Crippen LogP contribution in [0.15, 0.2) is 28.9 Å². The van der Waals surface area contributed by atoms with Crippen LogP contribution in [-0.4, -0.2) is 17.1 Å². The summed E-state index contributed by atoms with van der Waals surface area (Å²) in [5.74, 6) is 6.80. The predicted molar refractivity (Wildman–Crippen MR) is 78.8 cm³/mol. The highest BCUT2D eigenvalue weighted by Crippen LogP contribution is 2.31. The van der Waals surface area contributed by atoms with Crippen molar-refractivity contribution < 1.29 is 4.74 Å². The highest BCUT2D eigenvalue weighted by atomic mass is 79.9. The van der Waals surface area contributed by atoms with E-state index in [0.717, 1.165) is 0 Å². The first-order chi connectivity index (χ1) is 9.13. The molecule has 1 aromatic heterocycles. The molecule has 0 radical (unpaired) electrons. The maximum Gasteiger partial charge on any atom is 0.239 e. The summed E-state index contributed by atoms with van der Waals surface area (Å²) in [6.45, 7) is 0. The smallest absolute Gasteiger partial charge is 0.239 e. The molecule has 8 heteroatoms. The van der Waals surface area contributed by atoms with E-state index in [2.05, 4.69) is 36.6 Å². The summed E-state index contributed by atoms with van der Waals surface area (Å²) in [5, 5.41) is 3.63. The minimum absolute atomic E-state index is 0.296. The van der Waals surface area contributed by atoms with Crippen LogP contribution < -0.4 is 21.3 Å². The molecule has 100 valence electrons. The van der Waals surface area contributed by atoms with Crippen molar-refractivity contribution in [1.82, 2.24) is 9.97 Å². The number of ether oxygens (including phenoxy) is 1. The summed E-state index contributed by atoms with van der Waals surface area (Å²) < 4.78 is 5.83. The molecular weight excluding hydrogens is 334 g/mol. The van der Waals surface area contributed by atoms with Gasteiger partial charge in [0.25, 0.3) is 0 Å². The van der Waals surface area contributed by atoms with Crippen molar-refractivity contribution in [3.63, 3.8) is 0 Å². The Labute approximate surface area is 123 Å². The molecule has 0 aliphatic rings. The molecule has 2 rings (SSSR count). The van der Waals surface area contributed by atoms with Crippen molar-refractivity contribution in [2.75, 3.05) is 17.9 Å². The lowest BCUT2D eigenvalue weighted by molar-refractivity contribution is 0.415. The number of halogens is 2. The monoisotopic (exact) mass is 343 g/mol. The lowest BCUT2D eigenvalue weighted by Gasteiger charge is -2.11. The Kier molecular flexibility index (Phi) is 4.41. The van der Waals surface area contributed by atoms with Crippen molar-refractivity contribution in [3.05, 3.63) is 33.9 Å². The second kappa shape index (κ2) is 6.05. The third kappa shape index (κ3) is 3.25. The van der Waals surface area contributed by atoms with Gasteiger partial charge >= 0.3 is 0 Å². The average molecular weight is 345 g/mol. The van der Waals surface area contributed by atoms with Crippen molar-refractivity contribution in [1.29, 1.82) is 0 Å². The summed E-state index contributed by atoms with van der Waals surface area (Å²) in [5.41, 5.74) is 3.05. The van der Waals surface area contributed by atoms with Crippen LogP contribution in [0.2, 0.25) is 5.02 Å². The molecule has 0 amide bonds. The normalized spacial score (nSPS) is 10.1. The molecule has 1 aromatic carbocycles. The van der Waals surface area contributed by atoms with Gasteiger partial charge in [0.15, 0.2) is 0 Å². The van der Waals surface area contributed by atoms with Crippen molar-refractivity contribution in [3.8, 4) is 5.75 Å². The van der Waals surface area contributed by atoms with E-state index in [1.807, 2.05) is 0 Å². The number of hydrogen-bond acceptors (Lipinski definition) is 6. The minimum atomic E-state index is 0.296. The number of methoxy groups -OCH3 is 1. The molecule has 0 fully saturated rings. The molecule has 0 unspecified atom stereocenters. The summed E-state index contributed by atoms with van der Waals surface area (Å²) in [7, 11) is 1.59. The second-order valence-corrected chi connectivity index (χ2v) is 4.77. The standard InChI is InChI=1S/C11H11BrClN5O/c1-19-6-2-3-8(13)9(4-6)16-10-7(12)5-15-11(17-10)18-14/h2-5H,14H2,1H3,(H2,15,16,17,18). The van der Waals surface area contributed by atoms with Gasteiger partial charge in [-0.05, 0) is 28.1 Å². The summed E-state index contributed by atoms with van der Waals surface area (Å²) >= 11 is 9.46. The average Bonchev–Trinajstić information content (AvgIpc) is 2.43. The Hall–Kier alpha value is -1.57. The zero-order valence-electron chi connectivity index (χ0n) is 9.95. The fraction of sp³-hybridized carbons (Fsp3) is 0.0909. The summed E-state index contributed by atoms with van der Waals surface area (Å²) in [6.07, 6.45) is 1.58. The lowest BCUT2D eigenvalue weighted by Crippen LogP contribution is -2.11. The lowest BCUT2D eigenvalue weighted by atomic mass is 10.3. The van der Waals surface area contributed by atoms with Gasteiger partial charge in [0.2, 0.25) is 5.95 Å². The molecule has 6 nitrogen and oxygen atoms in total. The van der Waals surface area contributed by atoms with Crippen LogP contribution in [0, 0.1) is 0 Å². The van der Waals surface area contributed by atoms with Gasteiger partial charge in [0, 0.05) is 12.3 Å². The SMILES string of the molecule is COc1ccc(Cl)c(Nc2nc(NN)ncc2Br)c1. The number of nitrogens with zero attached hydrogens (tertiary/aromatic N) is 2. The number of hydrogen-bond donors (Lipinski definition) is 3. The Morgan fingerprint density at radius 1 is 1.42 bits per heavy atom. The van der Waals surface area contributed by atoms with Crippen LogP contribution >= 0.6 is 27.5 Å². The van der Waals surface area contributed by atoms with Gasteiger partial charge < -0.3 is 10.1 Å². The van der Waals surface area contributed by atoms with Crippen molar-refractivity contribution >= 4 is 45.0 Å². The third-order valence-electron chi connectivity index (χ3n) is 2.30. The number of hydrazine groups is 1. The molecule has 19 heavy (non-hydrogen) atoms. The number of nitrogens with one attached hydrogen (secondary N) is 2. The number of benzene rings is 1. The van der Waals surface area contributed by atoms with Crippen molar-refractivity contribution in [2.24, 2.45) is 5.84 Å². The number of anilines is 3. The van der Waals surface area contributed by atoms with Gasteiger partial charge in [-0.25, -0.2) is 10.8 Å². The minimum Gasteiger partial charge on any atom is -0.497 e. The van der Waals surface area contributed by atoms with Gasteiger partial charge in [-0.2, -0.15) is 4.98 Å². The molecule has 0 bridgehead atoms. The zero-order chi connectivity index (χ0) is 13.8. The highest BCUT2D eigenvalue weighted by molar-refractivity contribution is 9.10. The Morgan fingerprint density at radius 2 is 2.21 bits per heavy atom. The van der Waals surface area contributed by atoms with Gasteiger partial charge in [-0.3, -0.25) is 5.43 Å². The van der Waals surface area contributed by atoms with Crippen LogP contribution in [-0.2, 0) is 0 Å². The molecular formula is C11H11BrClN5O. The number of nitrogen functional groups attached to an aromatic ring is 1. The van der Waals surface area contributed by atoms with Crippen LogP contribution in [0.4, 0.5) is 17.5 Å². The van der Waals surface area contributed by atoms with E-state index in [9.17, 15) is 0 Å². The fourth-order valence-corrected chi connectivity index (χ4v) is 1.83. The van der Waals surface area contributed by atoms with E-state index in [0.29, 0.717) is 32.7 Å². The Balaban J connectivity index is 2.35. The molecule has 4 N–H and O–H groups in total. The number of rotatable bonds is 4. The largest absolute Gasteiger partial charge is 0.497 e. The van der Waals surface area contributed by atoms with Gasteiger partial charge in [-0.15, -0.1) is 0 Å². The molecule has 0 aliphatic heterocycles. The second-order valence-electron chi connectivity index (χ2n) is 3.51. The first kappa shape index (κ1) is 13.9. The van der Waals surface area contributed by atoms with Gasteiger partial charge in [-0.1, -0.05) is 11.6 Å². The topological polar surface area (TPSA) is 85.1 Å². The van der Waals surface area contributed by atoms with Crippen LogP contribution in [0.1, 0.15) is 0 Å². The molecule has 0 saturated heterocycles. The first-order valence-corrected chi connectivity index (χ1v) is 6.41. The van der Waals surface area contributed by atoms with E-state index >= 15 is 0 Å². The van der Waals surface area contributed by atoms with E-state index in [1.54, 1.807) is 31.5 Å².